The first kappa shape index (κ1) is 18.3. The van der Waals surface area contributed by atoms with Gasteiger partial charge in [0.25, 0.3) is 10.0 Å². The molecule has 2 rings (SSSR count). The van der Waals surface area contributed by atoms with Gasteiger partial charge in [0, 0.05) is 14.1 Å². The molecule has 0 saturated carbocycles. The molecule has 0 atom stereocenters. The number of para-hydroxylation sites is 1. The quantitative estimate of drug-likeness (QED) is 0.865. The molecule has 0 unspecified atom stereocenters. The molecule has 10 heteroatoms. The Labute approximate surface area is 138 Å². The molecule has 0 amide bonds. The van der Waals surface area contributed by atoms with Crippen molar-refractivity contribution in [2.24, 2.45) is 0 Å². The van der Waals surface area contributed by atoms with Crippen LogP contribution in [0.25, 0.3) is 0 Å². The van der Waals surface area contributed by atoms with Crippen molar-refractivity contribution >= 4 is 25.7 Å². The van der Waals surface area contributed by atoms with E-state index in [0.717, 1.165) is 34.6 Å². The molecule has 130 valence electrons. The highest BCUT2D eigenvalue weighted by Gasteiger charge is 2.23. The van der Waals surface area contributed by atoms with Crippen LogP contribution in [0.2, 0.25) is 0 Å². The minimum absolute atomic E-state index is 0.260. The predicted octanol–water partition coefficient (Wildman–Crippen LogP) is 2.02. The number of rotatable bonds is 5. The Hall–Kier alpha value is -2.04. The maximum absolute atomic E-state index is 13.6. The second-order valence-electron chi connectivity index (χ2n) is 4.96. The lowest BCUT2D eigenvalue weighted by Gasteiger charge is -2.13. The maximum Gasteiger partial charge on any atom is 0.262 e. The molecule has 0 fully saturated rings. The highest BCUT2D eigenvalue weighted by atomic mass is 32.2. The Morgan fingerprint density at radius 3 is 1.92 bits per heavy atom. The van der Waals surface area contributed by atoms with Crippen molar-refractivity contribution in [3.63, 3.8) is 0 Å². The fourth-order valence-corrected chi connectivity index (χ4v) is 3.95. The van der Waals surface area contributed by atoms with Crippen molar-refractivity contribution in [2.75, 3.05) is 18.8 Å². The van der Waals surface area contributed by atoms with E-state index in [1.54, 1.807) is 4.72 Å². The number of anilines is 1. The van der Waals surface area contributed by atoms with Gasteiger partial charge in [0.15, 0.2) is 0 Å². The zero-order chi connectivity index (χ0) is 18.1. The number of sulfonamides is 2. The van der Waals surface area contributed by atoms with E-state index in [4.69, 9.17) is 0 Å². The molecular weight excluding hydrogens is 362 g/mol. The summed E-state index contributed by atoms with van der Waals surface area (Å²) in [5.41, 5.74) is -0.835. The zero-order valence-corrected chi connectivity index (χ0v) is 14.3. The standard InChI is InChI=1S/C14H14F2N2O4S2/c1-18(2)24(21,22)11-6-3-5-10(9-11)23(19,20)17-14-12(15)7-4-8-13(14)16/h3-9,17H,1-2H3. The molecule has 1 N–H and O–H groups in total. The Balaban J connectivity index is 2.48. The van der Waals surface area contributed by atoms with Gasteiger partial charge in [0.1, 0.15) is 17.3 Å². The molecule has 2 aromatic carbocycles. The van der Waals surface area contributed by atoms with Gasteiger partial charge in [-0.15, -0.1) is 0 Å². The largest absolute Gasteiger partial charge is 0.274 e. The molecule has 0 heterocycles. The molecular formula is C14H14F2N2O4S2. The third-order valence-corrected chi connectivity index (χ3v) is 6.25. The topological polar surface area (TPSA) is 83.6 Å². The van der Waals surface area contributed by atoms with Crippen LogP contribution in [-0.4, -0.2) is 35.2 Å². The van der Waals surface area contributed by atoms with E-state index in [1.165, 1.54) is 26.2 Å². The monoisotopic (exact) mass is 376 g/mol. The van der Waals surface area contributed by atoms with Crippen LogP contribution in [0.3, 0.4) is 0 Å². The van der Waals surface area contributed by atoms with Gasteiger partial charge in [-0.3, -0.25) is 4.72 Å². The van der Waals surface area contributed by atoms with E-state index < -0.39 is 42.3 Å². The molecule has 24 heavy (non-hydrogen) atoms. The summed E-state index contributed by atoms with van der Waals surface area (Å²) in [5, 5.41) is 0. The SMILES string of the molecule is CN(C)S(=O)(=O)c1cccc(S(=O)(=O)Nc2c(F)cccc2F)c1. The molecule has 6 nitrogen and oxygen atoms in total. The van der Waals surface area contributed by atoms with E-state index in [1.807, 2.05) is 0 Å². The molecule has 0 aliphatic rings. The van der Waals surface area contributed by atoms with Gasteiger partial charge >= 0.3 is 0 Å². The van der Waals surface area contributed by atoms with Crippen LogP contribution >= 0.6 is 0 Å². The first-order chi connectivity index (χ1) is 11.1. The summed E-state index contributed by atoms with van der Waals surface area (Å²) in [6, 6.07) is 7.36. The predicted molar refractivity (Wildman–Crippen MR) is 84.5 cm³/mol. The van der Waals surface area contributed by atoms with E-state index in [9.17, 15) is 25.6 Å². The zero-order valence-electron chi connectivity index (χ0n) is 12.7. The number of hydrogen-bond donors (Lipinski definition) is 1. The average Bonchev–Trinajstić information content (AvgIpc) is 2.51. The lowest BCUT2D eigenvalue weighted by molar-refractivity contribution is 0.520. The first-order valence-corrected chi connectivity index (χ1v) is 9.47. The Morgan fingerprint density at radius 1 is 0.875 bits per heavy atom. The molecule has 0 aliphatic carbocycles. The molecule has 2 aromatic rings. The van der Waals surface area contributed by atoms with Crippen molar-refractivity contribution in [3.8, 4) is 0 Å². The smallest absolute Gasteiger partial charge is 0.262 e. The Morgan fingerprint density at radius 2 is 1.38 bits per heavy atom. The first-order valence-electron chi connectivity index (χ1n) is 6.55. The summed E-state index contributed by atoms with van der Waals surface area (Å²) >= 11 is 0. The van der Waals surface area contributed by atoms with Crippen molar-refractivity contribution in [2.45, 2.75) is 9.79 Å². The van der Waals surface area contributed by atoms with Crippen LogP contribution in [0, 0.1) is 11.6 Å². The van der Waals surface area contributed by atoms with Gasteiger partial charge < -0.3 is 0 Å². The summed E-state index contributed by atoms with van der Waals surface area (Å²) in [6.45, 7) is 0. The van der Waals surface area contributed by atoms with E-state index in [0.29, 0.717) is 0 Å². The second-order valence-corrected chi connectivity index (χ2v) is 8.80. The van der Waals surface area contributed by atoms with E-state index in [-0.39, 0.29) is 4.90 Å². The molecule has 0 saturated heterocycles. The molecule has 0 bridgehead atoms. The molecule has 0 spiro atoms. The number of nitrogens with one attached hydrogen (secondary N) is 1. The van der Waals surface area contributed by atoms with Crippen LogP contribution in [-0.2, 0) is 20.0 Å². The van der Waals surface area contributed by atoms with E-state index in [2.05, 4.69) is 0 Å². The third kappa shape index (κ3) is 3.55. The lowest BCUT2D eigenvalue weighted by atomic mass is 10.3. The van der Waals surface area contributed by atoms with Crippen molar-refractivity contribution < 1.29 is 25.6 Å². The van der Waals surface area contributed by atoms with Crippen LogP contribution in [0.15, 0.2) is 52.3 Å². The van der Waals surface area contributed by atoms with E-state index >= 15 is 0 Å². The lowest BCUT2D eigenvalue weighted by Crippen LogP contribution is -2.23. The van der Waals surface area contributed by atoms with Crippen molar-refractivity contribution in [1.82, 2.24) is 4.31 Å². The van der Waals surface area contributed by atoms with Crippen LogP contribution in [0.1, 0.15) is 0 Å². The van der Waals surface area contributed by atoms with Crippen LogP contribution < -0.4 is 4.72 Å². The number of halogens is 2. The van der Waals surface area contributed by atoms with Gasteiger partial charge in [-0.25, -0.2) is 29.9 Å². The van der Waals surface area contributed by atoms with Crippen LogP contribution in [0.5, 0.6) is 0 Å². The minimum atomic E-state index is -4.38. The van der Waals surface area contributed by atoms with Crippen molar-refractivity contribution in [1.29, 1.82) is 0 Å². The number of benzene rings is 2. The maximum atomic E-state index is 13.6. The fraction of sp³-hybridized carbons (Fsp3) is 0.143. The van der Waals surface area contributed by atoms with Gasteiger partial charge in [-0.05, 0) is 30.3 Å². The minimum Gasteiger partial charge on any atom is -0.274 e. The van der Waals surface area contributed by atoms with Crippen LogP contribution in [0.4, 0.5) is 14.5 Å². The fourth-order valence-electron chi connectivity index (χ4n) is 1.80. The summed E-state index contributed by atoms with van der Waals surface area (Å²) in [7, 11) is -5.65. The third-order valence-electron chi connectivity index (χ3n) is 3.09. The Bertz CT molecular complexity index is 954. The average molecular weight is 376 g/mol. The summed E-state index contributed by atoms with van der Waals surface area (Å²) < 4.78 is 78.7. The summed E-state index contributed by atoms with van der Waals surface area (Å²) in [6.07, 6.45) is 0. The van der Waals surface area contributed by atoms with Gasteiger partial charge in [-0.1, -0.05) is 12.1 Å². The molecule has 0 aliphatic heterocycles. The normalized spacial score (nSPS) is 12.4. The number of hydrogen-bond acceptors (Lipinski definition) is 4. The highest BCUT2D eigenvalue weighted by molar-refractivity contribution is 7.93. The van der Waals surface area contributed by atoms with Gasteiger partial charge in [-0.2, -0.15) is 0 Å². The van der Waals surface area contributed by atoms with Gasteiger partial charge in [0.05, 0.1) is 9.79 Å². The molecule has 0 radical (unpaired) electrons. The number of nitrogens with zero attached hydrogens (tertiary/aromatic N) is 1. The molecule has 0 aromatic heterocycles. The summed E-state index contributed by atoms with van der Waals surface area (Å²) in [4.78, 5) is -0.697. The van der Waals surface area contributed by atoms with Crippen molar-refractivity contribution in [3.05, 3.63) is 54.1 Å². The second kappa shape index (κ2) is 6.46. The summed E-state index contributed by atoms with van der Waals surface area (Å²) in [5.74, 6) is -2.17. The van der Waals surface area contributed by atoms with Gasteiger partial charge in [0.2, 0.25) is 10.0 Å². The Kier molecular flexibility index (Phi) is 4.92. The highest BCUT2D eigenvalue weighted by Crippen LogP contribution is 2.24.